The number of aliphatic hydroxyl groups is 1. The van der Waals surface area contributed by atoms with Crippen LogP contribution in [0.5, 0.6) is 5.75 Å². The Labute approximate surface area is 389 Å². The molecular formula is C47H64N10O10. The second-order valence-corrected chi connectivity index (χ2v) is 16.9. The molecule has 67 heavy (non-hydrogen) atoms. The quantitative estimate of drug-likeness (QED) is 0.115. The third-order valence-corrected chi connectivity index (χ3v) is 10.8. The molecule has 2 aromatic carbocycles. The zero-order chi connectivity index (χ0) is 48.9. The summed E-state index contributed by atoms with van der Waals surface area (Å²) in [5.41, 5.74) is 6.81. The summed E-state index contributed by atoms with van der Waals surface area (Å²) < 4.78 is 0. The van der Waals surface area contributed by atoms with Crippen LogP contribution in [0.3, 0.4) is 0 Å². The van der Waals surface area contributed by atoms with Gasteiger partial charge >= 0.3 is 6.03 Å². The Balaban J connectivity index is 1.71. The Hall–Kier alpha value is -6.93. The summed E-state index contributed by atoms with van der Waals surface area (Å²) in [5.74, 6) is -6.06. The molecule has 0 spiro atoms. The Morgan fingerprint density at radius 1 is 0.731 bits per heavy atom. The molecule has 20 nitrogen and oxygen atoms in total. The van der Waals surface area contributed by atoms with E-state index < -0.39 is 108 Å². The highest BCUT2D eigenvalue weighted by Crippen LogP contribution is 2.14. The maximum Gasteiger partial charge on any atom is 0.316 e. The number of Topliss-reactive ketones (excluding diaryl/α,β-unsaturated/α-hetero) is 1. The summed E-state index contributed by atoms with van der Waals surface area (Å²) in [6.07, 6.45) is 0.816. The molecule has 20 heteroatoms. The van der Waals surface area contributed by atoms with E-state index in [9.17, 15) is 48.6 Å². The lowest BCUT2D eigenvalue weighted by Gasteiger charge is -2.29. The van der Waals surface area contributed by atoms with Crippen LogP contribution in [-0.2, 0) is 41.6 Å². The van der Waals surface area contributed by atoms with E-state index in [1.807, 2.05) is 19.9 Å². The lowest BCUT2D eigenvalue weighted by molar-refractivity contribution is -0.135. The number of rotatable bonds is 12. The van der Waals surface area contributed by atoms with Gasteiger partial charge in [0.2, 0.25) is 29.5 Å². The molecule has 0 bridgehead atoms. The maximum atomic E-state index is 14.4. The van der Waals surface area contributed by atoms with Crippen LogP contribution < -0.4 is 48.3 Å². The smallest absolute Gasteiger partial charge is 0.316 e. The van der Waals surface area contributed by atoms with Crippen molar-refractivity contribution in [3.63, 3.8) is 0 Å². The summed E-state index contributed by atoms with van der Waals surface area (Å²) >= 11 is 0. The van der Waals surface area contributed by atoms with Crippen LogP contribution >= 0.6 is 0 Å². The van der Waals surface area contributed by atoms with Crippen molar-refractivity contribution in [1.29, 1.82) is 0 Å². The van der Waals surface area contributed by atoms with Gasteiger partial charge in [-0.3, -0.25) is 33.6 Å². The molecule has 12 N–H and O–H groups in total. The Kier molecular flexibility index (Phi) is 21.1. The van der Waals surface area contributed by atoms with Gasteiger partial charge in [-0.05, 0) is 74.8 Å². The first-order chi connectivity index (χ1) is 32.1. The van der Waals surface area contributed by atoms with Crippen LogP contribution in [0.15, 0.2) is 79.0 Å². The number of hydrogen-bond acceptors (Lipinski definition) is 12. The van der Waals surface area contributed by atoms with Gasteiger partial charge in [0, 0.05) is 38.5 Å². The number of nitrogens with one attached hydrogen (secondary N) is 8. The van der Waals surface area contributed by atoms with Gasteiger partial charge in [-0.15, -0.1) is 0 Å². The summed E-state index contributed by atoms with van der Waals surface area (Å²) in [6.45, 7) is 4.55. The molecule has 1 aliphatic rings. The first kappa shape index (κ1) is 52.7. The van der Waals surface area contributed by atoms with Crippen LogP contribution in [0.25, 0.3) is 0 Å². The molecule has 0 aliphatic carbocycles. The highest BCUT2D eigenvalue weighted by atomic mass is 16.3. The fourth-order valence-electron chi connectivity index (χ4n) is 7.31. The Morgan fingerprint density at radius 3 is 1.94 bits per heavy atom. The van der Waals surface area contributed by atoms with Crippen LogP contribution in [0.4, 0.5) is 4.79 Å². The van der Waals surface area contributed by atoms with Crippen LogP contribution in [0.2, 0.25) is 0 Å². The predicted octanol–water partition coefficient (Wildman–Crippen LogP) is 0.0130. The van der Waals surface area contributed by atoms with E-state index in [2.05, 4.69) is 47.5 Å². The molecule has 8 amide bonds. The van der Waals surface area contributed by atoms with Crippen molar-refractivity contribution < 1.29 is 48.6 Å². The maximum absolute atomic E-state index is 14.4. The van der Waals surface area contributed by atoms with Crippen LogP contribution in [0.1, 0.15) is 80.9 Å². The number of carbonyl (C=O) groups excluding carboxylic acids is 8. The average molecular weight is 929 g/mol. The molecule has 7 atom stereocenters. The molecule has 2 heterocycles. The van der Waals surface area contributed by atoms with E-state index in [-0.39, 0.29) is 57.5 Å². The second-order valence-electron chi connectivity index (χ2n) is 16.9. The molecule has 1 aliphatic heterocycles. The van der Waals surface area contributed by atoms with E-state index in [4.69, 9.17) is 5.73 Å². The first-order valence-electron chi connectivity index (χ1n) is 22.5. The van der Waals surface area contributed by atoms with Gasteiger partial charge < -0.3 is 58.5 Å². The van der Waals surface area contributed by atoms with Crippen LogP contribution in [0, 0.1) is 5.92 Å². The average Bonchev–Trinajstić information content (AvgIpc) is 3.29. The van der Waals surface area contributed by atoms with Crippen molar-refractivity contribution in [3.8, 4) is 5.75 Å². The van der Waals surface area contributed by atoms with Crippen LogP contribution in [-0.4, -0.2) is 124 Å². The third-order valence-electron chi connectivity index (χ3n) is 10.8. The van der Waals surface area contributed by atoms with Crippen molar-refractivity contribution >= 4 is 47.3 Å². The topological polar surface area (TPSA) is 312 Å². The summed E-state index contributed by atoms with van der Waals surface area (Å²) in [7, 11) is 0. The lowest BCUT2D eigenvalue weighted by atomic mass is 9.93. The summed E-state index contributed by atoms with van der Waals surface area (Å²) in [5, 5.41) is 42.2. The predicted molar refractivity (Wildman–Crippen MR) is 247 cm³/mol. The zero-order valence-corrected chi connectivity index (χ0v) is 38.1. The Bertz CT molecular complexity index is 2140. The molecule has 0 saturated carbocycles. The van der Waals surface area contributed by atoms with Crippen molar-refractivity contribution in [2.24, 2.45) is 11.7 Å². The minimum atomic E-state index is -1.74. The molecule has 1 aromatic heterocycles. The highest BCUT2D eigenvalue weighted by Gasteiger charge is 2.36. The van der Waals surface area contributed by atoms with Gasteiger partial charge in [0.15, 0.2) is 11.5 Å². The Morgan fingerprint density at radius 2 is 1.34 bits per heavy atom. The van der Waals surface area contributed by atoms with Gasteiger partial charge in [-0.1, -0.05) is 74.5 Å². The highest BCUT2D eigenvalue weighted by molar-refractivity contribution is 6.00. The molecule has 4 rings (SSSR count). The van der Waals surface area contributed by atoms with Gasteiger partial charge in [-0.25, -0.2) is 9.78 Å². The van der Waals surface area contributed by atoms with Crippen molar-refractivity contribution in [1.82, 2.24) is 47.5 Å². The minimum absolute atomic E-state index is 0.0114. The van der Waals surface area contributed by atoms with Gasteiger partial charge in [0.25, 0.3) is 5.91 Å². The number of amides is 8. The summed E-state index contributed by atoms with van der Waals surface area (Å²) in [4.78, 5) is 114. The normalized spacial score (nSPS) is 22.8. The number of ketones is 1. The van der Waals surface area contributed by atoms with E-state index in [1.165, 1.54) is 25.3 Å². The van der Waals surface area contributed by atoms with Crippen molar-refractivity contribution in [3.05, 3.63) is 95.8 Å². The number of aromatic nitrogens is 1. The largest absolute Gasteiger partial charge is 0.505 e. The van der Waals surface area contributed by atoms with Crippen molar-refractivity contribution in [2.75, 3.05) is 19.6 Å². The van der Waals surface area contributed by atoms with E-state index in [0.29, 0.717) is 18.4 Å². The number of aliphatic hydroxyl groups excluding tert-OH is 1. The van der Waals surface area contributed by atoms with Gasteiger partial charge in [0.1, 0.15) is 29.9 Å². The fourth-order valence-corrected chi connectivity index (χ4v) is 7.31. The third kappa shape index (κ3) is 17.4. The van der Waals surface area contributed by atoms with E-state index >= 15 is 0 Å². The number of benzene rings is 2. The molecule has 3 aromatic rings. The molecule has 0 radical (unpaired) electrons. The number of urea groups is 1. The lowest BCUT2D eigenvalue weighted by Crippen LogP contribution is -2.62. The number of nitrogens with two attached hydrogens (primary N) is 1. The molecule has 1 fully saturated rings. The molecule has 1 saturated heterocycles. The summed E-state index contributed by atoms with van der Waals surface area (Å²) in [6, 6.07) is 11.5. The molecular weight excluding hydrogens is 865 g/mol. The van der Waals surface area contributed by atoms with Gasteiger partial charge in [0.05, 0.1) is 18.2 Å². The minimum Gasteiger partial charge on any atom is -0.505 e. The SMILES string of the molecule is CC(C)CC1NC(=O)NC(Cc2ccccc2)C(=O)NCCCCC(=O)NC(Cc2ccccc2)C(=O)NCC(NC(=O)c2ncccc2O)C(=O)NC(C(C)O)C(=O)NC(CCCN)C1=O. The fraction of sp³-hybridized carbons (Fsp3) is 0.468. The van der Waals surface area contributed by atoms with Crippen molar-refractivity contribution in [2.45, 2.75) is 114 Å². The number of carbonyl (C=O) groups is 8. The standard InChI is InChI=1S/C47H64N10O10/c1-28(2)24-33-41(61)32(18-12-21-48)53-45(65)39(29(3)58)57-44(64)36(54-46(66)40-37(59)19-13-23-49-40)27-51-43(63)34(25-30-14-6-4-7-15-30)52-38(60)20-10-11-22-50-42(62)35(56-47(67)55-33)26-31-16-8-5-9-17-31/h4-9,13-17,19,23,28-29,32-36,39,58-59H,10-12,18,20-22,24-27,48H2,1-3H3,(H,50,62)(H,51,63)(H,52,60)(H,53,65)(H,54,66)(H,57,64)(H2,55,56,67). The molecule has 7 unspecified atom stereocenters. The number of aromatic hydroxyl groups is 1. The molecule has 362 valence electrons. The first-order valence-corrected chi connectivity index (χ1v) is 22.5. The number of nitrogens with zero attached hydrogens (tertiary/aromatic N) is 1. The van der Waals surface area contributed by atoms with Gasteiger partial charge in [-0.2, -0.15) is 0 Å². The monoisotopic (exact) mass is 928 g/mol. The zero-order valence-electron chi connectivity index (χ0n) is 38.1. The number of hydrogen-bond donors (Lipinski definition) is 11. The number of pyridine rings is 1. The second kappa shape index (κ2) is 26.9. The van der Waals surface area contributed by atoms with E-state index in [1.54, 1.807) is 54.6 Å². The van der Waals surface area contributed by atoms with E-state index in [0.717, 1.165) is 5.56 Å².